The number of halogens is 1. The summed E-state index contributed by atoms with van der Waals surface area (Å²) in [5.41, 5.74) is 6.70. The van der Waals surface area contributed by atoms with Gasteiger partial charge in [0.2, 0.25) is 0 Å². The molecule has 0 heterocycles. The summed E-state index contributed by atoms with van der Waals surface area (Å²) in [6.45, 7) is 0.184. The molecule has 7 heteroatoms. The molecule has 112 valence electrons. The van der Waals surface area contributed by atoms with Gasteiger partial charge in [0.1, 0.15) is 0 Å². The van der Waals surface area contributed by atoms with E-state index in [0.717, 1.165) is 4.90 Å². The van der Waals surface area contributed by atoms with Crippen LogP contribution in [0.25, 0.3) is 0 Å². The molecule has 2 rings (SSSR count). The highest BCUT2D eigenvalue weighted by molar-refractivity contribution is 7.99. The van der Waals surface area contributed by atoms with Crippen LogP contribution >= 0.6 is 23.4 Å². The fourth-order valence-electron chi connectivity index (χ4n) is 1.81. The van der Waals surface area contributed by atoms with Crippen molar-refractivity contribution in [3.8, 4) is 0 Å². The van der Waals surface area contributed by atoms with E-state index < -0.39 is 10.0 Å². The van der Waals surface area contributed by atoms with Crippen molar-refractivity contribution in [3.63, 3.8) is 0 Å². The Morgan fingerprint density at radius 3 is 2.62 bits per heavy atom. The molecule has 3 N–H and O–H groups in total. The number of thioether (sulfide) groups is 1. The lowest BCUT2D eigenvalue weighted by Gasteiger charge is -2.12. The minimum Gasteiger partial charge on any atom is -0.326 e. The molecule has 0 aliphatic carbocycles. The highest BCUT2D eigenvalue weighted by Crippen LogP contribution is 2.28. The SMILES string of the molecule is CSc1ccccc1NS(=O)(=O)c1ccc(Cl)c(CN)c1. The van der Waals surface area contributed by atoms with Gasteiger partial charge in [-0.1, -0.05) is 23.7 Å². The summed E-state index contributed by atoms with van der Waals surface area (Å²) in [7, 11) is -3.67. The topological polar surface area (TPSA) is 72.2 Å². The van der Waals surface area contributed by atoms with Gasteiger partial charge in [0.15, 0.2) is 0 Å². The van der Waals surface area contributed by atoms with E-state index in [0.29, 0.717) is 16.3 Å². The van der Waals surface area contributed by atoms with E-state index in [-0.39, 0.29) is 11.4 Å². The largest absolute Gasteiger partial charge is 0.326 e. The molecule has 0 aliphatic rings. The van der Waals surface area contributed by atoms with Gasteiger partial charge in [0.05, 0.1) is 10.6 Å². The lowest BCUT2D eigenvalue weighted by atomic mass is 10.2. The number of nitrogens with one attached hydrogen (secondary N) is 1. The zero-order valence-electron chi connectivity index (χ0n) is 11.3. The fraction of sp³-hybridized carbons (Fsp3) is 0.143. The fourth-order valence-corrected chi connectivity index (χ4v) is 3.75. The van der Waals surface area contributed by atoms with Crippen molar-refractivity contribution in [2.75, 3.05) is 11.0 Å². The lowest BCUT2D eigenvalue weighted by molar-refractivity contribution is 0.601. The average Bonchev–Trinajstić information content (AvgIpc) is 2.47. The molecule has 0 amide bonds. The Kier molecular flexibility index (Phi) is 5.16. The number of hydrogen-bond acceptors (Lipinski definition) is 4. The van der Waals surface area contributed by atoms with Crippen LogP contribution in [0.3, 0.4) is 0 Å². The summed E-state index contributed by atoms with van der Waals surface area (Å²) in [6.07, 6.45) is 1.89. The minimum absolute atomic E-state index is 0.142. The molecular weight excluding hydrogens is 328 g/mol. The molecule has 2 aromatic carbocycles. The van der Waals surface area contributed by atoms with Crippen LogP contribution in [0.5, 0.6) is 0 Å². The molecule has 2 aromatic rings. The first-order valence-corrected chi connectivity index (χ1v) is 9.21. The third-order valence-corrected chi connectivity index (χ3v) is 5.43. The van der Waals surface area contributed by atoms with E-state index in [9.17, 15) is 8.42 Å². The predicted molar refractivity (Wildman–Crippen MR) is 88.4 cm³/mol. The molecular formula is C14H15ClN2O2S2. The van der Waals surface area contributed by atoms with Gasteiger partial charge in [0, 0.05) is 16.5 Å². The second kappa shape index (κ2) is 6.70. The van der Waals surface area contributed by atoms with Crippen molar-refractivity contribution < 1.29 is 8.42 Å². The van der Waals surface area contributed by atoms with E-state index >= 15 is 0 Å². The molecule has 0 saturated carbocycles. The molecule has 0 saturated heterocycles. The number of hydrogen-bond donors (Lipinski definition) is 2. The van der Waals surface area contributed by atoms with Gasteiger partial charge in [-0.25, -0.2) is 8.42 Å². The Morgan fingerprint density at radius 1 is 1.24 bits per heavy atom. The Bertz CT molecular complexity index is 748. The van der Waals surface area contributed by atoms with Gasteiger partial charge >= 0.3 is 0 Å². The first-order valence-electron chi connectivity index (χ1n) is 6.12. The van der Waals surface area contributed by atoms with Crippen molar-refractivity contribution in [2.45, 2.75) is 16.3 Å². The minimum atomic E-state index is -3.67. The van der Waals surface area contributed by atoms with E-state index in [1.165, 1.54) is 23.9 Å². The summed E-state index contributed by atoms with van der Waals surface area (Å²) in [4.78, 5) is 0.998. The van der Waals surface area contributed by atoms with E-state index in [2.05, 4.69) is 4.72 Å². The average molecular weight is 343 g/mol. The molecule has 4 nitrogen and oxygen atoms in total. The molecule has 0 fully saturated rings. The maximum absolute atomic E-state index is 12.4. The van der Waals surface area contributed by atoms with Gasteiger partial charge < -0.3 is 5.73 Å². The number of rotatable bonds is 5. The number of nitrogens with two attached hydrogens (primary N) is 1. The van der Waals surface area contributed by atoms with Crippen LogP contribution in [0.2, 0.25) is 5.02 Å². The highest BCUT2D eigenvalue weighted by atomic mass is 35.5. The Labute approximate surface area is 133 Å². The van der Waals surface area contributed by atoms with Gasteiger partial charge in [-0.3, -0.25) is 4.72 Å². The van der Waals surface area contributed by atoms with Gasteiger partial charge in [-0.15, -0.1) is 11.8 Å². The van der Waals surface area contributed by atoms with Crippen molar-refractivity contribution >= 4 is 39.1 Å². The lowest BCUT2D eigenvalue weighted by Crippen LogP contribution is -2.14. The Hall–Kier alpha value is -1.21. The van der Waals surface area contributed by atoms with Crippen LogP contribution in [-0.2, 0) is 16.6 Å². The van der Waals surface area contributed by atoms with Crippen LogP contribution in [0.15, 0.2) is 52.3 Å². The van der Waals surface area contributed by atoms with Crippen LogP contribution < -0.4 is 10.5 Å². The van der Waals surface area contributed by atoms with E-state index in [4.69, 9.17) is 17.3 Å². The third-order valence-electron chi connectivity index (χ3n) is 2.90. The molecule has 0 aromatic heterocycles. The number of para-hydroxylation sites is 1. The second-order valence-corrected chi connectivity index (χ2v) is 7.20. The molecule has 21 heavy (non-hydrogen) atoms. The summed E-state index contributed by atoms with van der Waals surface area (Å²) in [5.74, 6) is 0. The predicted octanol–water partition coefficient (Wildman–Crippen LogP) is 3.32. The highest BCUT2D eigenvalue weighted by Gasteiger charge is 2.17. The second-order valence-electron chi connectivity index (χ2n) is 4.26. The quantitative estimate of drug-likeness (QED) is 0.817. The molecule has 0 bridgehead atoms. The Balaban J connectivity index is 2.38. The third kappa shape index (κ3) is 3.71. The zero-order valence-corrected chi connectivity index (χ0v) is 13.7. The van der Waals surface area contributed by atoms with Crippen molar-refractivity contribution in [3.05, 3.63) is 53.1 Å². The first kappa shape index (κ1) is 16.2. The molecule has 0 radical (unpaired) electrons. The summed E-state index contributed by atoms with van der Waals surface area (Å²) >= 11 is 7.43. The summed E-state index contributed by atoms with van der Waals surface area (Å²) in [5, 5.41) is 0.459. The van der Waals surface area contributed by atoms with Gasteiger partial charge in [0.25, 0.3) is 10.0 Å². The monoisotopic (exact) mass is 342 g/mol. The first-order chi connectivity index (χ1) is 9.97. The molecule has 0 unspecified atom stereocenters. The van der Waals surface area contributed by atoms with Crippen LogP contribution in [0.4, 0.5) is 5.69 Å². The maximum Gasteiger partial charge on any atom is 0.261 e. The molecule has 0 aliphatic heterocycles. The maximum atomic E-state index is 12.4. The Morgan fingerprint density at radius 2 is 1.95 bits per heavy atom. The van der Waals surface area contributed by atoms with Crippen LogP contribution in [0.1, 0.15) is 5.56 Å². The number of sulfonamides is 1. The zero-order chi connectivity index (χ0) is 15.5. The van der Waals surface area contributed by atoms with Crippen molar-refractivity contribution in [1.29, 1.82) is 0 Å². The van der Waals surface area contributed by atoms with Gasteiger partial charge in [-0.2, -0.15) is 0 Å². The van der Waals surface area contributed by atoms with Crippen LogP contribution in [-0.4, -0.2) is 14.7 Å². The standard InChI is InChI=1S/C14H15ClN2O2S2/c1-20-14-5-3-2-4-13(14)17-21(18,19)11-6-7-12(15)10(8-11)9-16/h2-8,17H,9,16H2,1H3. The molecule has 0 atom stereocenters. The van der Waals surface area contributed by atoms with E-state index in [1.807, 2.05) is 18.4 Å². The smallest absolute Gasteiger partial charge is 0.261 e. The van der Waals surface area contributed by atoms with Crippen molar-refractivity contribution in [1.82, 2.24) is 0 Å². The molecule has 0 spiro atoms. The number of benzene rings is 2. The summed E-state index contributed by atoms with van der Waals surface area (Å²) in [6, 6.07) is 11.7. The summed E-state index contributed by atoms with van der Waals surface area (Å²) < 4.78 is 27.5. The van der Waals surface area contributed by atoms with E-state index in [1.54, 1.807) is 18.2 Å². The van der Waals surface area contributed by atoms with Gasteiger partial charge in [-0.05, 0) is 42.2 Å². The number of anilines is 1. The normalized spacial score (nSPS) is 11.4. The van der Waals surface area contributed by atoms with Crippen LogP contribution in [0, 0.1) is 0 Å². The van der Waals surface area contributed by atoms with Crippen molar-refractivity contribution in [2.24, 2.45) is 5.73 Å².